The summed E-state index contributed by atoms with van der Waals surface area (Å²) < 4.78 is 25.1. The molecule has 1 unspecified atom stereocenters. The predicted octanol–water partition coefficient (Wildman–Crippen LogP) is 3.44. The van der Waals surface area contributed by atoms with Gasteiger partial charge in [-0.05, 0) is 69.9 Å². The highest BCUT2D eigenvalue weighted by atomic mass is 32.2. The molecule has 124 valence electrons. The van der Waals surface area contributed by atoms with Gasteiger partial charge in [-0.3, -0.25) is 4.90 Å². The van der Waals surface area contributed by atoms with Gasteiger partial charge in [0.15, 0.2) is 11.1 Å². The van der Waals surface area contributed by atoms with Crippen LogP contribution in [0.1, 0.15) is 37.5 Å². The van der Waals surface area contributed by atoms with Crippen LogP contribution in [0.15, 0.2) is 12.1 Å². The van der Waals surface area contributed by atoms with E-state index in [4.69, 9.17) is 9.29 Å². The average Bonchev–Trinajstić information content (AvgIpc) is 2.34. The van der Waals surface area contributed by atoms with Gasteiger partial charge < -0.3 is 9.29 Å². The van der Waals surface area contributed by atoms with Crippen LogP contribution >= 0.6 is 0 Å². The topological polar surface area (TPSA) is 66.8 Å². The summed E-state index contributed by atoms with van der Waals surface area (Å²) in [6, 6.07) is 3.79. The Hall–Kier alpha value is -1.40. The maximum absolute atomic E-state index is 12.1. The Morgan fingerprint density at radius 1 is 1.27 bits per heavy atom. The summed E-state index contributed by atoms with van der Waals surface area (Å²) in [5.41, 5.74) is 3.24. The van der Waals surface area contributed by atoms with E-state index in [1.165, 1.54) is 4.90 Å². The number of nitrogens with zero attached hydrogens (tertiary/aromatic N) is 1. The van der Waals surface area contributed by atoms with Crippen LogP contribution in [-0.2, 0) is 22.2 Å². The summed E-state index contributed by atoms with van der Waals surface area (Å²) in [6.45, 7) is 9.36. The molecule has 0 saturated heterocycles. The number of aryl methyl sites for hydroxylation is 2. The molecular weight excluding hydrogens is 302 g/mol. The van der Waals surface area contributed by atoms with E-state index in [1.807, 2.05) is 46.8 Å². The van der Waals surface area contributed by atoms with Crippen molar-refractivity contribution in [3.63, 3.8) is 0 Å². The van der Waals surface area contributed by atoms with Gasteiger partial charge in [0.05, 0.1) is 5.75 Å². The summed E-state index contributed by atoms with van der Waals surface area (Å²) in [5.74, 6) is 0.211. The molecule has 1 atom stereocenters. The number of hydrogen-bond donors (Lipinski definition) is 1. The first kappa shape index (κ1) is 18.6. The van der Waals surface area contributed by atoms with Crippen LogP contribution in [0.4, 0.5) is 10.5 Å². The van der Waals surface area contributed by atoms with Gasteiger partial charge in [0.2, 0.25) is 0 Å². The lowest BCUT2D eigenvalue weighted by Crippen LogP contribution is -2.34. The van der Waals surface area contributed by atoms with Gasteiger partial charge in [-0.1, -0.05) is 0 Å². The number of hydrogen-bond acceptors (Lipinski definition) is 3. The molecule has 0 saturated carbocycles. The maximum atomic E-state index is 12.1. The van der Waals surface area contributed by atoms with Crippen molar-refractivity contribution >= 4 is 22.9 Å². The van der Waals surface area contributed by atoms with Crippen LogP contribution in [-0.4, -0.2) is 33.3 Å². The van der Waals surface area contributed by atoms with E-state index in [9.17, 15) is 9.00 Å². The summed E-state index contributed by atoms with van der Waals surface area (Å²) in [5, 5.41) is 0. The van der Waals surface area contributed by atoms with Gasteiger partial charge in [0.1, 0.15) is 5.60 Å². The molecular formula is C16H25NO4S. The second-order valence-electron chi connectivity index (χ2n) is 6.37. The minimum Gasteiger partial charge on any atom is -0.443 e. The summed E-state index contributed by atoms with van der Waals surface area (Å²) >= 11 is -1.80. The van der Waals surface area contributed by atoms with Crippen molar-refractivity contribution in [3.05, 3.63) is 28.8 Å². The highest BCUT2D eigenvalue weighted by Crippen LogP contribution is 2.24. The van der Waals surface area contributed by atoms with Crippen LogP contribution < -0.4 is 4.90 Å². The number of carbonyl (C=O) groups excluding carboxylic acids is 1. The summed E-state index contributed by atoms with van der Waals surface area (Å²) in [7, 11) is 1.67. The second-order valence-corrected chi connectivity index (χ2v) is 7.42. The molecule has 1 N–H and O–H groups in total. The zero-order chi connectivity index (χ0) is 17.1. The lowest BCUT2D eigenvalue weighted by Gasteiger charge is -2.25. The van der Waals surface area contributed by atoms with Gasteiger partial charge in [0.25, 0.3) is 0 Å². The standard InChI is InChI=1S/C16H25NO4S/c1-11-9-13(17(6)15(18)21-16(3,4)5)10-12(2)14(11)7-8-22(19)20/h9-10H,7-8H2,1-6H3,(H,19,20). The third-order valence-electron chi connectivity index (χ3n) is 3.26. The van der Waals surface area contributed by atoms with Gasteiger partial charge in [-0.15, -0.1) is 0 Å². The Labute approximate surface area is 134 Å². The highest BCUT2D eigenvalue weighted by Gasteiger charge is 2.21. The van der Waals surface area contributed by atoms with Crippen molar-refractivity contribution in [2.75, 3.05) is 17.7 Å². The molecule has 0 spiro atoms. The molecule has 6 heteroatoms. The van der Waals surface area contributed by atoms with Crippen molar-refractivity contribution in [2.45, 2.75) is 46.6 Å². The molecule has 1 aromatic rings. The van der Waals surface area contributed by atoms with Crippen LogP contribution in [0.2, 0.25) is 0 Å². The first-order chi connectivity index (χ1) is 10.0. The van der Waals surface area contributed by atoms with Crippen LogP contribution in [0.25, 0.3) is 0 Å². The molecule has 22 heavy (non-hydrogen) atoms. The van der Waals surface area contributed by atoms with Gasteiger partial charge in [-0.25, -0.2) is 9.00 Å². The third-order valence-corrected chi connectivity index (χ3v) is 3.82. The van der Waals surface area contributed by atoms with E-state index in [0.717, 1.165) is 22.4 Å². The molecule has 1 aromatic carbocycles. The van der Waals surface area contributed by atoms with Crippen molar-refractivity contribution in [2.24, 2.45) is 0 Å². The molecule has 1 rings (SSSR count). The van der Waals surface area contributed by atoms with E-state index in [0.29, 0.717) is 6.42 Å². The van der Waals surface area contributed by atoms with Crippen LogP contribution in [0.3, 0.4) is 0 Å². The number of rotatable bonds is 4. The molecule has 1 amide bonds. The van der Waals surface area contributed by atoms with E-state index >= 15 is 0 Å². The Balaban J connectivity index is 2.98. The van der Waals surface area contributed by atoms with Crippen molar-refractivity contribution in [3.8, 4) is 0 Å². The molecule has 0 bridgehead atoms. The van der Waals surface area contributed by atoms with E-state index in [2.05, 4.69) is 0 Å². The van der Waals surface area contributed by atoms with E-state index in [-0.39, 0.29) is 5.75 Å². The average molecular weight is 327 g/mol. The van der Waals surface area contributed by atoms with Crippen LogP contribution in [0.5, 0.6) is 0 Å². The molecule has 0 aromatic heterocycles. The fourth-order valence-corrected chi connectivity index (χ4v) is 2.56. The summed E-state index contributed by atoms with van der Waals surface area (Å²) in [6.07, 6.45) is 0.132. The fourth-order valence-electron chi connectivity index (χ4n) is 2.18. The molecule has 0 heterocycles. The Kier molecular flexibility index (Phi) is 6.14. The SMILES string of the molecule is Cc1cc(N(C)C(=O)OC(C)(C)C)cc(C)c1CCS(=O)O. The Bertz CT molecular complexity index is 555. The first-order valence-corrected chi connectivity index (χ1v) is 8.43. The monoisotopic (exact) mass is 327 g/mol. The molecule has 0 aliphatic heterocycles. The largest absolute Gasteiger partial charge is 0.443 e. The minimum absolute atomic E-state index is 0.211. The van der Waals surface area contributed by atoms with Crippen molar-refractivity contribution in [1.82, 2.24) is 0 Å². The quantitative estimate of drug-likeness (QED) is 0.860. The number of anilines is 1. The Morgan fingerprint density at radius 2 is 1.77 bits per heavy atom. The number of ether oxygens (including phenoxy) is 1. The predicted molar refractivity (Wildman–Crippen MR) is 89.9 cm³/mol. The van der Waals surface area contributed by atoms with E-state index < -0.39 is 22.8 Å². The lowest BCUT2D eigenvalue weighted by molar-refractivity contribution is 0.0589. The Morgan fingerprint density at radius 3 is 2.18 bits per heavy atom. The number of amides is 1. The minimum atomic E-state index is -1.80. The van der Waals surface area contributed by atoms with E-state index in [1.54, 1.807) is 7.05 Å². The summed E-state index contributed by atoms with van der Waals surface area (Å²) in [4.78, 5) is 13.6. The molecule has 0 aliphatic rings. The number of benzene rings is 1. The molecule has 0 radical (unpaired) electrons. The normalized spacial score (nSPS) is 12.9. The van der Waals surface area contributed by atoms with Crippen molar-refractivity contribution < 1.29 is 18.3 Å². The fraction of sp³-hybridized carbons (Fsp3) is 0.562. The molecule has 0 fully saturated rings. The first-order valence-electron chi connectivity index (χ1n) is 7.15. The number of carbonyl (C=O) groups is 1. The molecule has 0 aliphatic carbocycles. The van der Waals surface area contributed by atoms with Gasteiger partial charge >= 0.3 is 6.09 Å². The zero-order valence-corrected chi connectivity index (χ0v) is 14.9. The maximum Gasteiger partial charge on any atom is 0.414 e. The lowest BCUT2D eigenvalue weighted by atomic mass is 9.99. The van der Waals surface area contributed by atoms with Gasteiger partial charge in [-0.2, -0.15) is 0 Å². The van der Waals surface area contributed by atoms with Gasteiger partial charge in [0, 0.05) is 12.7 Å². The zero-order valence-electron chi connectivity index (χ0n) is 14.1. The van der Waals surface area contributed by atoms with Crippen LogP contribution in [0, 0.1) is 13.8 Å². The smallest absolute Gasteiger partial charge is 0.414 e. The second kappa shape index (κ2) is 7.24. The molecule has 5 nitrogen and oxygen atoms in total. The third kappa shape index (κ3) is 5.42. The highest BCUT2D eigenvalue weighted by molar-refractivity contribution is 7.79. The van der Waals surface area contributed by atoms with Crippen molar-refractivity contribution in [1.29, 1.82) is 0 Å².